The topological polar surface area (TPSA) is 77.8 Å². The predicted octanol–water partition coefficient (Wildman–Crippen LogP) is 5.34. The molecule has 1 saturated heterocycles. The van der Waals surface area contributed by atoms with E-state index in [0.717, 1.165) is 49.8 Å². The highest BCUT2D eigenvalue weighted by Crippen LogP contribution is 2.23. The lowest BCUT2D eigenvalue weighted by atomic mass is 9.95. The van der Waals surface area contributed by atoms with Crippen LogP contribution in [-0.4, -0.2) is 45.7 Å². The summed E-state index contributed by atoms with van der Waals surface area (Å²) in [4.78, 5) is 26.7. The van der Waals surface area contributed by atoms with Crippen molar-refractivity contribution in [2.75, 3.05) is 6.54 Å². The van der Waals surface area contributed by atoms with E-state index in [9.17, 15) is 14.7 Å². The maximum absolute atomic E-state index is 12.3. The average Bonchev–Trinajstić information content (AvgIpc) is 3.43. The fraction of sp³-hybridized carbons (Fsp3) is 0.481. The van der Waals surface area contributed by atoms with E-state index in [1.165, 1.54) is 16.9 Å². The maximum Gasteiger partial charge on any atom is 0.345 e. The van der Waals surface area contributed by atoms with Crippen molar-refractivity contribution in [3.8, 4) is 0 Å². The molecule has 0 unspecified atom stereocenters. The second kappa shape index (κ2) is 12.7. The molecule has 1 aromatic carbocycles. The summed E-state index contributed by atoms with van der Waals surface area (Å²) in [5, 5.41) is 19.6. The van der Waals surface area contributed by atoms with Crippen LogP contribution < -0.4 is 0 Å². The monoisotopic (exact) mass is 469 g/mol. The number of hydrogen-bond donors (Lipinski definition) is 2. The van der Waals surface area contributed by atoms with Crippen LogP contribution in [0.1, 0.15) is 65.6 Å². The fourth-order valence-electron chi connectivity index (χ4n) is 4.34. The van der Waals surface area contributed by atoms with Gasteiger partial charge in [0.2, 0.25) is 5.91 Å². The number of aliphatic hydroxyl groups is 1. The van der Waals surface area contributed by atoms with Gasteiger partial charge in [-0.25, -0.2) is 4.79 Å². The molecule has 33 heavy (non-hydrogen) atoms. The van der Waals surface area contributed by atoms with Crippen LogP contribution in [0, 0.1) is 5.92 Å². The highest BCUT2D eigenvalue weighted by atomic mass is 32.1. The average molecular weight is 470 g/mol. The Kier molecular flexibility index (Phi) is 9.70. The van der Waals surface area contributed by atoms with Crippen LogP contribution in [0.3, 0.4) is 0 Å². The number of amides is 1. The number of nitrogens with zero attached hydrogens (tertiary/aromatic N) is 1. The Morgan fingerprint density at radius 3 is 2.67 bits per heavy atom. The minimum Gasteiger partial charge on any atom is -0.477 e. The molecule has 1 amide bonds. The number of hydrogen-bond acceptors (Lipinski definition) is 4. The van der Waals surface area contributed by atoms with Gasteiger partial charge in [0.25, 0.3) is 0 Å². The van der Waals surface area contributed by atoms with Gasteiger partial charge in [-0.1, -0.05) is 55.8 Å². The summed E-state index contributed by atoms with van der Waals surface area (Å²) in [6.45, 7) is 2.74. The van der Waals surface area contributed by atoms with Crippen molar-refractivity contribution in [3.05, 3.63) is 69.9 Å². The van der Waals surface area contributed by atoms with Crippen LogP contribution in [-0.2, 0) is 17.6 Å². The number of unbranched alkanes of at least 4 members (excludes halogenated alkanes) is 1. The summed E-state index contributed by atoms with van der Waals surface area (Å²) >= 11 is 1.30. The number of thiophene rings is 1. The van der Waals surface area contributed by atoms with Gasteiger partial charge in [0.05, 0.1) is 12.1 Å². The van der Waals surface area contributed by atoms with E-state index in [4.69, 9.17) is 5.11 Å². The Hall–Kier alpha value is -2.44. The third-order valence-electron chi connectivity index (χ3n) is 6.40. The second-order valence-electron chi connectivity index (χ2n) is 8.95. The van der Waals surface area contributed by atoms with E-state index < -0.39 is 12.1 Å². The summed E-state index contributed by atoms with van der Waals surface area (Å²) in [6.07, 6.45) is 10.5. The molecule has 1 fully saturated rings. The number of aromatic carboxylic acids is 1. The van der Waals surface area contributed by atoms with Gasteiger partial charge >= 0.3 is 5.97 Å². The third-order valence-corrected chi connectivity index (χ3v) is 7.53. The highest BCUT2D eigenvalue weighted by molar-refractivity contribution is 7.13. The molecular formula is C27H35NO4S. The summed E-state index contributed by atoms with van der Waals surface area (Å²) < 4.78 is 0. The molecule has 3 rings (SSSR count). The van der Waals surface area contributed by atoms with E-state index in [1.807, 2.05) is 29.2 Å². The molecule has 0 bridgehead atoms. The Balaban J connectivity index is 1.40. The van der Waals surface area contributed by atoms with E-state index >= 15 is 0 Å². The van der Waals surface area contributed by atoms with Gasteiger partial charge in [-0.3, -0.25) is 4.79 Å². The minimum atomic E-state index is -0.893. The van der Waals surface area contributed by atoms with Gasteiger partial charge in [-0.15, -0.1) is 11.3 Å². The number of aliphatic hydroxyl groups excluding tert-OH is 1. The molecule has 0 saturated carbocycles. The van der Waals surface area contributed by atoms with Crippen molar-refractivity contribution < 1.29 is 19.8 Å². The first-order chi connectivity index (χ1) is 15.9. The zero-order chi connectivity index (χ0) is 23.6. The molecule has 5 nitrogen and oxygen atoms in total. The van der Waals surface area contributed by atoms with E-state index in [0.29, 0.717) is 17.8 Å². The molecule has 3 atom stereocenters. The maximum atomic E-state index is 12.3. The SMILES string of the molecule is C[C@@H](CCCCc1ccccc1)[C@H](O)/C=C/[C@H]1CCC(=O)N1CCCc1ccc(C(=O)O)s1. The zero-order valence-corrected chi connectivity index (χ0v) is 20.2. The number of benzene rings is 1. The minimum absolute atomic E-state index is 0.0374. The number of carbonyl (C=O) groups is 2. The van der Waals surface area contributed by atoms with Gasteiger partial charge in [0, 0.05) is 17.8 Å². The summed E-state index contributed by atoms with van der Waals surface area (Å²) in [7, 11) is 0. The van der Waals surface area contributed by atoms with Crippen LogP contribution in [0.25, 0.3) is 0 Å². The standard InChI is InChI=1S/C27H35NO4S/c1-20(8-5-6-11-21-9-3-2-4-10-21)24(29)16-13-22-14-18-26(30)28(22)19-7-12-23-15-17-25(33-23)27(31)32/h2-4,9-10,13,15-17,20,22,24,29H,5-8,11-12,14,18-19H2,1H3,(H,31,32)/b16-13+/t20-,22-,24+/m0/s1. The van der Waals surface area contributed by atoms with Crippen molar-refractivity contribution in [1.29, 1.82) is 0 Å². The van der Waals surface area contributed by atoms with Crippen molar-refractivity contribution >= 4 is 23.2 Å². The molecule has 1 aliphatic rings. The van der Waals surface area contributed by atoms with Crippen molar-refractivity contribution in [1.82, 2.24) is 4.90 Å². The summed E-state index contributed by atoms with van der Waals surface area (Å²) in [5.41, 5.74) is 1.36. The smallest absolute Gasteiger partial charge is 0.345 e. The molecule has 0 radical (unpaired) electrons. The highest BCUT2D eigenvalue weighted by Gasteiger charge is 2.28. The largest absolute Gasteiger partial charge is 0.477 e. The lowest BCUT2D eigenvalue weighted by Gasteiger charge is -2.23. The first-order valence-corrected chi connectivity index (χ1v) is 12.8. The molecule has 2 aromatic rings. The Morgan fingerprint density at radius 1 is 1.15 bits per heavy atom. The number of carboxylic acids is 1. The van der Waals surface area contributed by atoms with Crippen LogP contribution in [0.5, 0.6) is 0 Å². The Labute approximate surface area is 200 Å². The van der Waals surface area contributed by atoms with Crippen molar-refractivity contribution in [2.24, 2.45) is 5.92 Å². The van der Waals surface area contributed by atoms with E-state index in [1.54, 1.807) is 6.07 Å². The number of carbonyl (C=O) groups excluding carboxylic acids is 1. The van der Waals surface area contributed by atoms with Crippen molar-refractivity contribution in [2.45, 2.75) is 70.4 Å². The first kappa shape index (κ1) is 25.2. The fourth-order valence-corrected chi connectivity index (χ4v) is 5.23. The second-order valence-corrected chi connectivity index (χ2v) is 10.1. The van der Waals surface area contributed by atoms with Gasteiger partial charge in [0.1, 0.15) is 4.88 Å². The zero-order valence-electron chi connectivity index (χ0n) is 19.4. The molecule has 1 aromatic heterocycles. The van der Waals surface area contributed by atoms with Crippen LogP contribution >= 0.6 is 11.3 Å². The van der Waals surface area contributed by atoms with Crippen molar-refractivity contribution in [3.63, 3.8) is 0 Å². The molecule has 0 aliphatic carbocycles. The Bertz CT molecular complexity index is 923. The number of likely N-dealkylation sites (tertiary alicyclic amines) is 1. The molecule has 2 heterocycles. The van der Waals surface area contributed by atoms with Gasteiger partial charge in [0.15, 0.2) is 0 Å². The van der Waals surface area contributed by atoms with Gasteiger partial charge < -0.3 is 15.1 Å². The quantitative estimate of drug-likeness (QED) is 0.307. The first-order valence-electron chi connectivity index (χ1n) is 12.0. The lowest BCUT2D eigenvalue weighted by Crippen LogP contribution is -2.33. The Morgan fingerprint density at radius 2 is 1.94 bits per heavy atom. The molecule has 6 heteroatoms. The lowest BCUT2D eigenvalue weighted by molar-refractivity contribution is -0.128. The van der Waals surface area contributed by atoms with Gasteiger partial charge in [-0.2, -0.15) is 0 Å². The summed E-state index contributed by atoms with van der Waals surface area (Å²) in [6, 6.07) is 14.0. The normalized spacial score (nSPS) is 18.2. The van der Waals surface area contributed by atoms with Gasteiger partial charge in [-0.05, 0) is 62.1 Å². The van der Waals surface area contributed by atoms with E-state index in [2.05, 4.69) is 31.2 Å². The molecule has 0 spiro atoms. The number of carboxylic acid groups (broad SMARTS) is 1. The van der Waals surface area contributed by atoms with Crippen LogP contribution in [0.15, 0.2) is 54.6 Å². The number of rotatable bonds is 13. The molecule has 1 aliphatic heterocycles. The molecular weight excluding hydrogens is 434 g/mol. The summed E-state index contributed by atoms with van der Waals surface area (Å²) in [5.74, 6) is -0.550. The van der Waals surface area contributed by atoms with Crippen LogP contribution in [0.4, 0.5) is 0 Å². The van der Waals surface area contributed by atoms with E-state index in [-0.39, 0.29) is 17.9 Å². The molecule has 178 valence electrons. The number of aryl methyl sites for hydroxylation is 2. The third kappa shape index (κ3) is 7.83. The van der Waals surface area contributed by atoms with Crippen LogP contribution in [0.2, 0.25) is 0 Å². The molecule has 2 N–H and O–H groups in total. The predicted molar refractivity (Wildman–Crippen MR) is 133 cm³/mol.